The Balaban J connectivity index is 2.44. The maximum Gasteiger partial charge on any atom is 0.119 e. The molecule has 1 atom stereocenters. The van der Waals surface area contributed by atoms with Crippen LogP contribution in [0.4, 0.5) is 0 Å². The van der Waals surface area contributed by atoms with E-state index in [0.29, 0.717) is 12.5 Å². The molecule has 0 radical (unpaired) electrons. The molecule has 1 N–H and O–H groups in total. The van der Waals surface area contributed by atoms with Crippen LogP contribution in [0.25, 0.3) is 0 Å². The summed E-state index contributed by atoms with van der Waals surface area (Å²) >= 11 is 3.39. The van der Waals surface area contributed by atoms with E-state index < -0.39 is 0 Å². The van der Waals surface area contributed by atoms with Gasteiger partial charge in [-0.05, 0) is 42.0 Å². The molecule has 2 nitrogen and oxygen atoms in total. The van der Waals surface area contributed by atoms with E-state index in [1.807, 2.05) is 24.3 Å². The number of aliphatic hydroxyl groups excluding tert-OH is 1. The van der Waals surface area contributed by atoms with Crippen LogP contribution in [0.1, 0.15) is 27.2 Å². The number of hydrogen-bond donors (Lipinski definition) is 1. The van der Waals surface area contributed by atoms with Gasteiger partial charge in [0, 0.05) is 11.1 Å². The molecule has 0 spiro atoms. The molecule has 0 aliphatic rings. The average Bonchev–Trinajstić information content (AvgIpc) is 2.31. The highest BCUT2D eigenvalue weighted by Gasteiger charge is 2.27. The summed E-state index contributed by atoms with van der Waals surface area (Å²) in [6.07, 6.45) is 0.858. The lowest BCUT2D eigenvalue weighted by Crippen LogP contribution is -2.29. The average molecular weight is 301 g/mol. The first kappa shape index (κ1) is 14.5. The van der Waals surface area contributed by atoms with Gasteiger partial charge in [-0.3, -0.25) is 0 Å². The zero-order chi connectivity index (χ0) is 12.9. The first-order chi connectivity index (χ1) is 7.98. The summed E-state index contributed by atoms with van der Waals surface area (Å²) in [6, 6.07) is 7.80. The van der Waals surface area contributed by atoms with Gasteiger partial charge >= 0.3 is 0 Å². The van der Waals surface area contributed by atoms with E-state index >= 15 is 0 Å². The molecule has 0 amide bonds. The van der Waals surface area contributed by atoms with Gasteiger partial charge in [0.15, 0.2) is 0 Å². The maximum atomic E-state index is 9.43. The Labute approximate surface area is 112 Å². The van der Waals surface area contributed by atoms with Gasteiger partial charge in [0.05, 0.1) is 6.61 Å². The molecule has 0 saturated heterocycles. The Kier molecular flexibility index (Phi) is 5.47. The van der Waals surface area contributed by atoms with Crippen LogP contribution < -0.4 is 4.74 Å². The van der Waals surface area contributed by atoms with Crippen molar-refractivity contribution in [1.29, 1.82) is 0 Å². The topological polar surface area (TPSA) is 29.5 Å². The molecule has 0 fully saturated rings. The summed E-state index contributed by atoms with van der Waals surface area (Å²) in [4.78, 5) is 0. The normalized spacial score (nSPS) is 14.7. The molecule has 96 valence electrons. The first-order valence-electron chi connectivity index (χ1n) is 5.97. The third-order valence-electron chi connectivity index (χ3n) is 3.51. The molecular formula is C14H21BrO2. The number of rotatable bonds is 6. The van der Waals surface area contributed by atoms with Crippen molar-refractivity contribution in [2.45, 2.75) is 27.2 Å². The molecular weight excluding hydrogens is 280 g/mol. The number of ether oxygens (including phenoxy) is 1. The molecule has 0 heterocycles. The largest absolute Gasteiger partial charge is 0.494 e. The molecule has 1 aromatic rings. The van der Waals surface area contributed by atoms with E-state index in [0.717, 1.165) is 16.6 Å². The number of benzene rings is 1. The van der Waals surface area contributed by atoms with Crippen molar-refractivity contribution in [3.05, 3.63) is 28.7 Å². The van der Waals surface area contributed by atoms with Gasteiger partial charge in [-0.1, -0.05) is 36.7 Å². The number of hydrogen-bond acceptors (Lipinski definition) is 2. The second kappa shape index (κ2) is 6.41. The molecule has 0 saturated carbocycles. The van der Waals surface area contributed by atoms with E-state index in [1.54, 1.807) is 0 Å². The van der Waals surface area contributed by atoms with Crippen LogP contribution >= 0.6 is 15.9 Å². The minimum atomic E-state index is -0.0602. The Morgan fingerprint density at radius 2 is 1.88 bits per heavy atom. The second-order valence-electron chi connectivity index (χ2n) is 5.02. The molecule has 3 heteroatoms. The molecule has 17 heavy (non-hydrogen) atoms. The van der Waals surface area contributed by atoms with Crippen LogP contribution in [0.2, 0.25) is 0 Å². The van der Waals surface area contributed by atoms with E-state index in [2.05, 4.69) is 36.7 Å². The molecule has 1 rings (SSSR count). The lowest BCUT2D eigenvalue weighted by Gasteiger charge is -2.31. The lowest BCUT2D eigenvalue weighted by atomic mass is 9.77. The molecule has 1 unspecified atom stereocenters. The van der Waals surface area contributed by atoms with Crippen molar-refractivity contribution < 1.29 is 9.84 Å². The first-order valence-corrected chi connectivity index (χ1v) is 6.76. The Bertz CT molecular complexity index is 335. The predicted octanol–water partition coefficient (Wildman–Crippen LogP) is 3.87. The predicted molar refractivity (Wildman–Crippen MR) is 74.3 cm³/mol. The van der Waals surface area contributed by atoms with Crippen molar-refractivity contribution in [3.63, 3.8) is 0 Å². The quantitative estimate of drug-likeness (QED) is 0.864. The zero-order valence-electron chi connectivity index (χ0n) is 10.7. The highest BCUT2D eigenvalue weighted by atomic mass is 79.9. The van der Waals surface area contributed by atoms with Gasteiger partial charge in [0.25, 0.3) is 0 Å². The number of halogens is 1. The number of aliphatic hydroxyl groups is 1. The minimum absolute atomic E-state index is 0.0602. The fourth-order valence-corrected chi connectivity index (χ4v) is 1.75. The summed E-state index contributed by atoms with van der Waals surface area (Å²) < 4.78 is 6.73. The van der Waals surface area contributed by atoms with Crippen LogP contribution in [-0.2, 0) is 0 Å². The van der Waals surface area contributed by atoms with Crippen LogP contribution in [-0.4, -0.2) is 18.3 Å². The maximum absolute atomic E-state index is 9.43. The second-order valence-corrected chi connectivity index (χ2v) is 5.93. The van der Waals surface area contributed by atoms with Crippen molar-refractivity contribution in [3.8, 4) is 5.75 Å². The third-order valence-corrected chi connectivity index (χ3v) is 4.04. The summed E-state index contributed by atoms with van der Waals surface area (Å²) in [7, 11) is 0. The smallest absolute Gasteiger partial charge is 0.119 e. The summed E-state index contributed by atoms with van der Waals surface area (Å²) in [5.41, 5.74) is -0.0602. The summed E-state index contributed by atoms with van der Waals surface area (Å²) in [6.45, 7) is 7.21. The molecule has 0 aliphatic carbocycles. The highest BCUT2D eigenvalue weighted by molar-refractivity contribution is 9.10. The van der Waals surface area contributed by atoms with Crippen LogP contribution in [0.3, 0.4) is 0 Å². The van der Waals surface area contributed by atoms with Crippen LogP contribution in [0.5, 0.6) is 5.75 Å². The molecule has 0 aromatic heterocycles. The fourth-order valence-electron chi connectivity index (χ4n) is 1.48. The van der Waals surface area contributed by atoms with E-state index in [9.17, 15) is 5.11 Å². The van der Waals surface area contributed by atoms with Gasteiger partial charge < -0.3 is 9.84 Å². The van der Waals surface area contributed by atoms with Crippen LogP contribution in [0, 0.1) is 11.3 Å². The van der Waals surface area contributed by atoms with Gasteiger partial charge in [0.1, 0.15) is 5.75 Å². The fraction of sp³-hybridized carbons (Fsp3) is 0.571. The highest BCUT2D eigenvalue weighted by Crippen LogP contribution is 2.30. The van der Waals surface area contributed by atoms with Crippen molar-refractivity contribution in [1.82, 2.24) is 0 Å². The van der Waals surface area contributed by atoms with E-state index in [-0.39, 0.29) is 12.0 Å². The lowest BCUT2D eigenvalue weighted by molar-refractivity contribution is 0.0691. The van der Waals surface area contributed by atoms with Crippen molar-refractivity contribution >= 4 is 15.9 Å². The van der Waals surface area contributed by atoms with Gasteiger partial charge in [-0.2, -0.15) is 0 Å². The minimum Gasteiger partial charge on any atom is -0.494 e. The van der Waals surface area contributed by atoms with E-state index in [1.165, 1.54) is 0 Å². The monoisotopic (exact) mass is 300 g/mol. The van der Waals surface area contributed by atoms with Crippen molar-refractivity contribution in [2.24, 2.45) is 11.3 Å². The zero-order valence-corrected chi connectivity index (χ0v) is 12.3. The summed E-state index contributed by atoms with van der Waals surface area (Å²) in [5, 5.41) is 9.43. The summed E-state index contributed by atoms with van der Waals surface area (Å²) in [5.74, 6) is 1.32. The molecule has 1 aromatic carbocycles. The Hall–Kier alpha value is -0.540. The molecule has 0 bridgehead atoms. The Morgan fingerprint density at radius 3 is 2.35 bits per heavy atom. The van der Waals surface area contributed by atoms with Gasteiger partial charge in [-0.25, -0.2) is 0 Å². The van der Waals surface area contributed by atoms with E-state index in [4.69, 9.17) is 4.74 Å². The van der Waals surface area contributed by atoms with Gasteiger partial charge in [-0.15, -0.1) is 0 Å². The van der Waals surface area contributed by atoms with Gasteiger partial charge in [0.2, 0.25) is 0 Å². The molecule has 0 aliphatic heterocycles. The standard InChI is InChI=1S/C14H21BrO2/c1-11(2)14(3,10-16)8-9-17-13-6-4-12(15)5-7-13/h4-7,11,16H,8-10H2,1-3H3. The van der Waals surface area contributed by atoms with Crippen LogP contribution in [0.15, 0.2) is 28.7 Å². The Morgan fingerprint density at radius 1 is 1.29 bits per heavy atom. The SMILES string of the molecule is CC(C)C(C)(CO)CCOc1ccc(Br)cc1. The van der Waals surface area contributed by atoms with Crippen molar-refractivity contribution in [2.75, 3.05) is 13.2 Å². The third kappa shape index (κ3) is 4.32.